The fourth-order valence-electron chi connectivity index (χ4n) is 2.34. The van der Waals surface area contributed by atoms with Crippen molar-refractivity contribution in [3.63, 3.8) is 0 Å². The monoisotopic (exact) mass is 247 g/mol. The quantitative estimate of drug-likeness (QED) is 0.891. The van der Waals surface area contributed by atoms with Crippen LogP contribution in [-0.4, -0.2) is 12.5 Å². The highest BCUT2D eigenvalue weighted by atomic mass is 16.5. The van der Waals surface area contributed by atoms with Crippen molar-refractivity contribution in [1.82, 2.24) is 5.32 Å². The average molecular weight is 247 g/mol. The Morgan fingerprint density at radius 2 is 2.33 bits per heavy atom. The predicted molar refractivity (Wildman–Crippen MR) is 71.7 cm³/mol. The maximum atomic E-state index is 11.8. The summed E-state index contributed by atoms with van der Waals surface area (Å²) in [6.07, 6.45) is 3.41. The molecule has 1 aromatic carbocycles. The lowest BCUT2D eigenvalue weighted by atomic mass is 10.00. The summed E-state index contributed by atoms with van der Waals surface area (Å²) in [5.74, 6) is 1.05. The highest BCUT2D eigenvalue weighted by Gasteiger charge is 2.21. The standard InChI is InChI=1S/C15H21NO2/c1-3-5-15(17)16-13-6-4-9-18-14-8-7-11(2)10-12(13)14/h7-8,10,13H,3-6,9H2,1-2H3,(H,16,17). The van der Waals surface area contributed by atoms with Gasteiger partial charge in [0.15, 0.2) is 0 Å². The van der Waals surface area contributed by atoms with Crippen LogP contribution in [0.3, 0.4) is 0 Å². The minimum absolute atomic E-state index is 0.0986. The number of hydrogen-bond donors (Lipinski definition) is 1. The number of aryl methyl sites for hydroxylation is 1. The minimum atomic E-state index is 0.0986. The summed E-state index contributed by atoms with van der Waals surface area (Å²) in [5, 5.41) is 3.12. The first-order chi connectivity index (χ1) is 8.70. The van der Waals surface area contributed by atoms with Crippen LogP contribution in [0.5, 0.6) is 5.75 Å². The van der Waals surface area contributed by atoms with Gasteiger partial charge in [-0.2, -0.15) is 0 Å². The maximum absolute atomic E-state index is 11.8. The average Bonchev–Trinajstić information content (AvgIpc) is 2.52. The fraction of sp³-hybridized carbons (Fsp3) is 0.533. The van der Waals surface area contributed by atoms with E-state index in [-0.39, 0.29) is 11.9 Å². The third-order valence-corrected chi connectivity index (χ3v) is 3.25. The molecule has 0 aliphatic carbocycles. The highest BCUT2D eigenvalue weighted by Crippen LogP contribution is 2.32. The normalized spacial score (nSPS) is 18.4. The zero-order valence-corrected chi connectivity index (χ0v) is 11.2. The van der Waals surface area contributed by atoms with Crippen LogP contribution in [0.15, 0.2) is 18.2 Å². The third-order valence-electron chi connectivity index (χ3n) is 3.25. The van der Waals surface area contributed by atoms with Crippen LogP contribution >= 0.6 is 0 Å². The Morgan fingerprint density at radius 1 is 1.50 bits per heavy atom. The highest BCUT2D eigenvalue weighted by molar-refractivity contribution is 5.76. The molecule has 3 nitrogen and oxygen atoms in total. The lowest BCUT2D eigenvalue weighted by molar-refractivity contribution is -0.121. The molecule has 3 heteroatoms. The van der Waals surface area contributed by atoms with Gasteiger partial charge in [0.25, 0.3) is 0 Å². The van der Waals surface area contributed by atoms with E-state index in [0.717, 1.165) is 37.2 Å². The van der Waals surface area contributed by atoms with E-state index in [2.05, 4.69) is 24.4 Å². The molecule has 1 unspecified atom stereocenters. The van der Waals surface area contributed by atoms with Crippen molar-refractivity contribution in [1.29, 1.82) is 0 Å². The second-order valence-corrected chi connectivity index (χ2v) is 4.90. The first-order valence-electron chi connectivity index (χ1n) is 6.73. The number of amides is 1. The largest absolute Gasteiger partial charge is 0.493 e. The van der Waals surface area contributed by atoms with Crippen molar-refractivity contribution in [2.24, 2.45) is 0 Å². The lowest BCUT2D eigenvalue weighted by Crippen LogP contribution is -2.28. The first kappa shape index (κ1) is 12.9. The molecule has 1 aliphatic heterocycles. The molecule has 0 spiro atoms. The summed E-state index contributed by atoms with van der Waals surface area (Å²) < 4.78 is 5.72. The van der Waals surface area contributed by atoms with Gasteiger partial charge in [0.05, 0.1) is 12.6 Å². The van der Waals surface area contributed by atoms with E-state index in [4.69, 9.17) is 4.74 Å². The Hall–Kier alpha value is -1.51. The summed E-state index contributed by atoms with van der Waals surface area (Å²) in [5.41, 5.74) is 2.32. The van der Waals surface area contributed by atoms with Crippen LogP contribution in [-0.2, 0) is 4.79 Å². The Morgan fingerprint density at radius 3 is 3.11 bits per heavy atom. The van der Waals surface area contributed by atoms with Crippen molar-refractivity contribution in [3.05, 3.63) is 29.3 Å². The van der Waals surface area contributed by atoms with Gasteiger partial charge < -0.3 is 10.1 Å². The van der Waals surface area contributed by atoms with E-state index < -0.39 is 0 Å². The fourth-order valence-corrected chi connectivity index (χ4v) is 2.34. The molecule has 1 amide bonds. The molecule has 0 radical (unpaired) electrons. The zero-order valence-electron chi connectivity index (χ0n) is 11.2. The molecular formula is C15H21NO2. The number of fused-ring (bicyclic) bond motifs is 1. The number of hydrogen-bond acceptors (Lipinski definition) is 2. The van der Waals surface area contributed by atoms with Gasteiger partial charge in [-0.1, -0.05) is 24.6 Å². The van der Waals surface area contributed by atoms with Crippen molar-refractivity contribution in [2.75, 3.05) is 6.61 Å². The maximum Gasteiger partial charge on any atom is 0.220 e. The van der Waals surface area contributed by atoms with E-state index in [1.165, 1.54) is 5.56 Å². The Labute approximate surface area is 109 Å². The summed E-state index contributed by atoms with van der Waals surface area (Å²) in [7, 11) is 0. The lowest BCUT2D eigenvalue weighted by Gasteiger charge is -2.18. The van der Waals surface area contributed by atoms with Crippen molar-refractivity contribution >= 4 is 5.91 Å². The smallest absolute Gasteiger partial charge is 0.220 e. The van der Waals surface area contributed by atoms with Crippen LogP contribution in [0.1, 0.15) is 49.8 Å². The molecule has 0 bridgehead atoms. The Kier molecular flexibility index (Phi) is 4.24. The topological polar surface area (TPSA) is 38.3 Å². The van der Waals surface area contributed by atoms with Gasteiger partial charge in [-0.15, -0.1) is 0 Å². The SMILES string of the molecule is CCCC(=O)NC1CCCOc2ccc(C)cc21. The van der Waals surface area contributed by atoms with Gasteiger partial charge in [0, 0.05) is 12.0 Å². The van der Waals surface area contributed by atoms with Crippen molar-refractivity contribution in [2.45, 2.75) is 45.6 Å². The summed E-state index contributed by atoms with van der Waals surface area (Å²) in [6.45, 7) is 4.82. The minimum Gasteiger partial charge on any atom is -0.493 e. The van der Waals surface area contributed by atoms with Gasteiger partial charge in [0.1, 0.15) is 5.75 Å². The van der Waals surface area contributed by atoms with Gasteiger partial charge in [-0.3, -0.25) is 4.79 Å². The van der Waals surface area contributed by atoms with Crippen LogP contribution in [0, 0.1) is 6.92 Å². The van der Waals surface area contributed by atoms with Crippen molar-refractivity contribution in [3.8, 4) is 5.75 Å². The molecule has 1 aliphatic rings. The summed E-state index contributed by atoms with van der Waals surface area (Å²) in [4.78, 5) is 11.8. The van der Waals surface area contributed by atoms with E-state index in [1.807, 2.05) is 13.0 Å². The molecule has 1 atom stereocenters. The van der Waals surface area contributed by atoms with E-state index >= 15 is 0 Å². The van der Waals surface area contributed by atoms with Gasteiger partial charge in [-0.25, -0.2) is 0 Å². The molecule has 2 rings (SSSR count). The van der Waals surface area contributed by atoms with E-state index in [0.29, 0.717) is 6.42 Å². The van der Waals surface area contributed by atoms with Crippen LogP contribution in [0.25, 0.3) is 0 Å². The number of nitrogens with one attached hydrogen (secondary N) is 1. The molecule has 1 aromatic rings. The van der Waals surface area contributed by atoms with Gasteiger partial charge in [-0.05, 0) is 32.3 Å². The molecule has 18 heavy (non-hydrogen) atoms. The number of carbonyl (C=O) groups excluding carboxylic acids is 1. The number of ether oxygens (including phenoxy) is 1. The number of carbonyl (C=O) groups is 1. The molecule has 98 valence electrons. The van der Waals surface area contributed by atoms with E-state index in [1.54, 1.807) is 0 Å². The Balaban J connectivity index is 2.20. The zero-order chi connectivity index (χ0) is 13.0. The number of rotatable bonds is 3. The van der Waals surface area contributed by atoms with Gasteiger partial charge >= 0.3 is 0 Å². The molecule has 0 fully saturated rings. The summed E-state index contributed by atoms with van der Waals surface area (Å²) in [6, 6.07) is 6.28. The molecule has 0 saturated heterocycles. The first-order valence-corrected chi connectivity index (χ1v) is 6.73. The molecular weight excluding hydrogens is 226 g/mol. The van der Waals surface area contributed by atoms with Gasteiger partial charge in [0.2, 0.25) is 5.91 Å². The van der Waals surface area contributed by atoms with E-state index in [9.17, 15) is 4.79 Å². The third kappa shape index (κ3) is 3.03. The summed E-state index contributed by atoms with van der Waals surface area (Å²) >= 11 is 0. The second-order valence-electron chi connectivity index (χ2n) is 4.90. The molecule has 1 N–H and O–H groups in total. The van der Waals surface area contributed by atoms with Crippen molar-refractivity contribution < 1.29 is 9.53 Å². The molecule has 0 saturated carbocycles. The van der Waals surface area contributed by atoms with Crippen LogP contribution in [0.4, 0.5) is 0 Å². The Bertz CT molecular complexity index is 429. The van der Waals surface area contributed by atoms with Crippen LogP contribution in [0.2, 0.25) is 0 Å². The van der Waals surface area contributed by atoms with Crippen LogP contribution < -0.4 is 10.1 Å². The predicted octanol–water partition coefficient (Wildman–Crippen LogP) is 3.13. The molecule has 0 aromatic heterocycles. The number of benzene rings is 1. The molecule has 1 heterocycles. The second kappa shape index (κ2) is 5.89.